The molecule has 3 rings (SSSR count). The van der Waals surface area contributed by atoms with Crippen LogP contribution in [0.1, 0.15) is 16.7 Å². The van der Waals surface area contributed by atoms with Gasteiger partial charge in [-0.05, 0) is 60.0 Å². The van der Waals surface area contributed by atoms with Gasteiger partial charge in [-0.3, -0.25) is 4.99 Å². The second-order valence-corrected chi connectivity index (χ2v) is 6.47. The predicted molar refractivity (Wildman–Crippen MR) is 106 cm³/mol. The molecule has 3 aromatic carbocycles. The molecule has 0 amide bonds. The third-order valence-corrected chi connectivity index (χ3v) is 4.43. The molecule has 0 saturated carbocycles. The Hall–Kier alpha value is -2.29. The first-order chi connectivity index (χ1) is 12.1. The lowest BCUT2D eigenvalue weighted by molar-refractivity contribution is 0.306. The summed E-state index contributed by atoms with van der Waals surface area (Å²) in [7, 11) is 0. The molecule has 0 N–H and O–H groups in total. The zero-order chi connectivity index (χ0) is 17.6. The summed E-state index contributed by atoms with van der Waals surface area (Å²) in [5, 5.41) is 1.44. The van der Waals surface area contributed by atoms with Crippen molar-refractivity contribution in [2.75, 3.05) is 0 Å². The summed E-state index contributed by atoms with van der Waals surface area (Å²) in [4.78, 5) is 4.53. The summed E-state index contributed by atoms with van der Waals surface area (Å²) in [6.45, 7) is 2.45. The van der Waals surface area contributed by atoms with Crippen LogP contribution in [0.3, 0.4) is 0 Å². The van der Waals surface area contributed by atoms with Crippen LogP contribution in [-0.2, 0) is 6.61 Å². The molecule has 0 heterocycles. The molecule has 0 spiro atoms. The van der Waals surface area contributed by atoms with Gasteiger partial charge in [-0.25, -0.2) is 0 Å². The highest BCUT2D eigenvalue weighted by Crippen LogP contribution is 2.25. The van der Waals surface area contributed by atoms with Gasteiger partial charge in [0.15, 0.2) is 0 Å². The van der Waals surface area contributed by atoms with Gasteiger partial charge in [0.1, 0.15) is 12.4 Å². The number of benzene rings is 3. The van der Waals surface area contributed by atoms with Gasteiger partial charge in [0, 0.05) is 16.3 Å². The van der Waals surface area contributed by atoms with E-state index in [-0.39, 0.29) is 0 Å². The van der Waals surface area contributed by atoms with Crippen LogP contribution in [0, 0.1) is 6.92 Å². The highest BCUT2D eigenvalue weighted by atomic mass is 35.5. The molecule has 0 radical (unpaired) electrons. The monoisotopic (exact) mass is 369 g/mol. The second-order valence-electron chi connectivity index (χ2n) is 5.63. The topological polar surface area (TPSA) is 21.6 Å². The molecular formula is C21H17Cl2NO. The lowest BCUT2D eigenvalue weighted by Gasteiger charge is -2.07. The van der Waals surface area contributed by atoms with E-state index in [1.54, 1.807) is 0 Å². The summed E-state index contributed by atoms with van der Waals surface area (Å²) in [6, 6.07) is 21.1. The largest absolute Gasteiger partial charge is 0.489 e. The first-order valence-corrected chi connectivity index (χ1v) is 8.64. The Morgan fingerprint density at radius 1 is 0.960 bits per heavy atom. The Morgan fingerprint density at radius 2 is 1.72 bits per heavy atom. The van der Waals surface area contributed by atoms with Crippen LogP contribution in [-0.4, -0.2) is 6.21 Å². The summed E-state index contributed by atoms with van der Waals surface area (Å²) in [5.74, 6) is 0.793. The molecule has 0 atom stereocenters. The van der Waals surface area contributed by atoms with E-state index in [4.69, 9.17) is 27.9 Å². The van der Waals surface area contributed by atoms with Gasteiger partial charge >= 0.3 is 0 Å². The molecule has 0 fully saturated rings. The summed E-state index contributed by atoms with van der Waals surface area (Å²) < 4.78 is 5.84. The Bertz CT molecular complexity index is 889. The fourth-order valence-corrected chi connectivity index (χ4v) is 2.61. The van der Waals surface area contributed by atoms with Gasteiger partial charge in [-0.2, -0.15) is 0 Å². The van der Waals surface area contributed by atoms with Crippen molar-refractivity contribution in [1.29, 1.82) is 0 Å². The molecule has 0 bridgehead atoms. The fourth-order valence-electron chi connectivity index (χ4n) is 2.31. The first-order valence-electron chi connectivity index (χ1n) is 7.88. The molecule has 0 aliphatic rings. The molecule has 0 aromatic heterocycles. The molecule has 0 aliphatic carbocycles. The maximum atomic E-state index is 6.13. The highest BCUT2D eigenvalue weighted by Gasteiger charge is 2.01. The Balaban J connectivity index is 1.69. The van der Waals surface area contributed by atoms with E-state index < -0.39 is 0 Å². The lowest BCUT2D eigenvalue weighted by atomic mass is 10.2. The quantitative estimate of drug-likeness (QED) is 0.462. The number of ether oxygens (including phenoxy) is 1. The Labute approximate surface area is 157 Å². The average molecular weight is 370 g/mol. The van der Waals surface area contributed by atoms with Gasteiger partial charge in [-0.15, -0.1) is 0 Å². The van der Waals surface area contributed by atoms with E-state index >= 15 is 0 Å². The summed E-state index contributed by atoms with van der Waals surface area (Å²) in [6.07, 6.45) is 1.81. The smallest absolute Gasteiger partial charge is 0.120 e. The lowest BCUT2D eigenvalue weighted by Crippen LogP contribution is -1.95. The number of halogens is 2. The van der Waals surface area contributed by atoms with Crippen LogP contribution in [0.15, 0.2) is 71.7 Å². The van der Waals surface area contributed by atoms with Crippen LogP contribution in [0.2, 0.25) is 10.0 Å². The maximum absolute atomic E-state index is 6.13. The minimum Gasteiger partial charge on any atom is -0.489 e. The molecule has 3 aromatic rings. The normalized spacial score (nSPS) is 11.0. The second kappa shape index (κ2) is 8.19. The first kappa shape index (κ1) is 17.5. The molecule has 126 valence electrons. The fraction of sp³-hybridized carbons (Fsp3) is 0.0952. The van der Waals surface area contributed by atoms with Gasteiger partial charge in [0.25, 0.3) is 0 Å². The van der Waals surface area contributed by atoms with E-state index in [1.807, 2.05) is 79.9 Å². The van der Waals surface area contributed by atoms with Crippen LogP contribution < -0.4 is 4.74 Å². The van der Waals surface area contributed by atoms with Crippen molar-refractivity contribution in [3.63, 3.8) is 0 Å². The summed E-state index contributed by atoms with van der Waals surface area (Å²) in [5.41, 5.74) is 3.86. The standard InChI is InChI=1S/C21H17Cl2NO/c1-15-20(23)6-3-7-21(15)24-13-17-4-2-5-19(12-17)25-14-16-8-10-18(22)11-9-16/h2-13H,14H2,1H3. The van der Waals surface area contributed by atoms with Crippen molar-refractivity contribution in [3.05, 3.63) is 93.5 Å². The van der Waals surface area contributed by atoms with Crippen LogP contribution in [0.5, 0.6) is 5.75 Å². The number of hydrogen-bond acceptors (Lipinski definition) is 2. The van der Waals surface area contributed by atoms with Crippen molar-refractivity contribution in [1.82, 2.24) is 0 Å². The number of aliphatic imine (C=N–C) groups is 1. The summed E-state index contributed by atoms with van der Waals surface area (Å²) >= 11 is 12.0. The van der Waals surface area contributed by atoms with Gasteiger partial charge < -0.3 is 4.74 Å². The zero-order valence-electron chi connectivity index (χ0n) is 13.7. The third kappa shape index (κ3) is 4.85. The predicted octanol–water partition coefficient (Wildman–Crippen LogP) is 6.63. The molecular weight excluding hydrogens is 353 g/mol. The molecule has 0 unspecified atom stereocenters. The number of hydrogen-bond donors (Lipinski definition) is 0. The van der Waals surface area contributed by atoms with Gasteiger partial charge in [0.2, 0.25) is 0 Å². The van der Waals surface area contributed by atoms with Crippen molar-refractivity contribution in [2.45, 2.75) is 13.5 Å². The van der Waals surface area contributed by atoms with Crippen molar-refractivity contribution in [3.8, 4) is 5.75 Å². The van der Waals surface area contributed by atoms with E-state index in [0.717, 1.165) is 38.2 Å². The van der Waals surface area contributed by atoms with E-state index in [9.17, 15) is 0 Å². The maximum Gasteiger partial charge on any atom is 0.120 e. The van der Waals surface area contributed by atoms with Gasteiger partial charge in [0.05, 0.1) is 5.69 Å². The van der Waals surface area contributed by atoms with Crippen LogP contribution >= 0.6 is 23.2 Å². The third-order valence-electron chi connectivity index (χ3n) is 3.77. The van der Waals surface area contributed by atoms with E-state index in [2.05, 4.69) is 4.99 Å². The highest BCUT2D eigenvalue weighted by molar-refractivity contribution is 6.31. The Morgan fingerprint density at radius 3 is 2.52 bits per heavy atom. The zero-order valence-corrected chi connectivity index (χ0v) is 15.3. The number of nitrogens with zero attached hydrogens (tertiary/aromatic N) is 1. The van der Waals surface area contributed by atoms with Crippen LogP contribution in [0.4, 0.5) is 5.69 Å². The van der Waals surface area contributed by atoms with E-state index in [0.29, 0.717) is 6.61 Å². The molecule has 0 aliphatic heterocycles. The minimum atomic E-state index is 0.491. The minimum absolute atomic E-state index is 0.491. The average Bonchev–Trinajstić information content (AvgIpc) is 2.63. The SMILES string of the molecule is Cc1c(Cl)cccc1N=Cc1cccc(OCc2ccc(Cl)cc2)c1. The van der Waals surface area contributed by atoms with Crippen molar-refractivity contribution in [2.24, 2.45) is 4.99 Å². The van der Waals surface area contributed by atoms with Crippen LogP contribution in [0.25, 0.3) is 0 Å². The molecule has 25 heavy (non-hydrogen) atoms. The Kier molecular flexibility index (Phi) is 5.75. The van der Waals surface area contributed by atoms with Crippen molar-refractivity contribution < 1.29 is 4.74 Å². The molecule has 2 nitrogen and oxygen atoms in total. The van der Waals surface area contributed by atoms with Crippen molar-refractivity contribution >= 4 is 35.1 Å². The van der Waals surface area contributed by atoms with E-state index in [1.165, 1.54) is 0 Å². The van der Waals surface area contributed by atoms with Gasteiger partial charge in [-0.1, -0.05) is 53.5 Å². The number of rotatable bonds is 5. The molecule has 4 heteroatoms. The molecule has 0 saturated heterocycles.